The number of rotatable bonds is 1. The molecule has 0 radical (unpaired) electrons. The third-order valence-corrected chi connectivity index (χ3v) is 5.80. The molecule has 1 aromatic heterocycles. The van der Waals surface area contributed by atoms with Crippen LogP contribution in [0, 0.1) is 5.41 Å². The number of thiazole rings is 1. The first-order valence-electron chi connectivity index (χ1n) is 6.56. The van der Waals surface area contributed by atoms with Gasteiger partial charge in [-0.3, -0.25) is 0 Å². The molecular formula is C15H16BrClN2S. The van der Waals surface area contributed by atoms with Gasteiger partial charge in [-0.15, -0.1) is 11.3 Å². The van der Waals surface area contributed by atoms with Gasteiger partial charge in [0.1, 0.15) is 5.01 Å². The molecule has 1 atom stereocenters. The maximum atomic E-state index is 6.31. The molecule has 0 bridgehead atoms. The molecule has 5 heteroatoms. The van der Waals surface area contributed by atoms with Crippen LogP contribution in [0.3, 0.4) is 0 Å². The average molecular weight is 372 g/mol. The average Bonchev–Trinajstić information content (AvgIpc) is 2.70. The molecular weight excluding hydrogens is 356 g/mol. The van der Waals surface area contributed by atoms with Crippen molar-refractivity contribution in [2.24, 2.45) is 11.1 Å². The van der Waals surface area contributed by atoms with Gasteiger partial charge < -0.3 is 5.73 Å². The van der Waals surface area contributed by atoms with Crippen LogP contribution in [-0.2, 0) is 6.42 Å². The first-order valence-corrected chi connectivity index (χ1v) is 8.55. The van der Waals surface area contributed by atoms with Crippen LogP contribution in [-0.4, -0.2) is 4.98 Å². The van der Waals surface area contributed by atoms with E-state index in [-0.39, 0.29) is 11.5 Å². The Morgan fingerprint density at radius 2 is 2.20 bits per heavy atom. The molecule has 0 saturated carbocycles. The van der Waals surface area contributed by atoms with Gasteiger partial charge in [0.15, 0.2) is 0 Å². The summed E-state index contributed by atoms with van der Waals surface area (Å²) in [7, 11) is 0. The molecule has 2 nitrogen and oxygen atoms in total. The molecule has 3 rings (SSSR count). The van der Waals surface area contributed by atoms with Crippen LogP contribution < -0.4 is 5.73 Å². The minimum atomic E-state index is 0.103. The summed E-state index contributed by atoms with van der Waals surface area (Å²) in [5.74, 6) is 0. The van der Waals surface area contributed by atoms with Crippen LogP contribution in [0.5, 0.6) is 0 Å². The number of aromatic nitrogens is 1. The second kappa shape index (κ2) is 5.09. The molecule has 2 aromatic rings. The normalized spacial score (nSPS) is 20.8. The molecule has 0 spiro atoms. The predicted octanol–water partition coefficient (Wildman–Crippen LogP) is 5.20. The van der Waals surface area contributed by atoms with Crippen molar-refractivity contribution in [2.75, 3.05) is 0 Å². The Morgan fingerprint density at radius 3 is 2.90 bits per heavy atom. The van der Waals surface area contributed by atoms with Gasteiger partial charge in [-0.25, -0.2) is 4.98 Å². The zero-order chi connectivity index (χ0) is 14.5. The van der Waals surface area contributed by atoms with E-state index in [2.05, 4.69) is 29.8 Å². The largest absolute Gasteiger partial charge is 0.323 e. The molecule has 2 N–H and O–H groups in total. The van der Waals surface area contributed by atoms with E-state index in [0.717, 1.165) is 38.6 Å². The summed E-state index contributed by atoms with van der Waals surface area (Å²) in [5, 5.41) is 1.74. The number of halogens is 2. The lowest BCUT2D eigenvalue weighted by molar-refractivity contribution is 0.282. The second-order valence-electron chi connectivity index (χ2n) is 6.11. The maximum absolute atomic E-state index is 6.31. The molecule has 1 aliphatic rings. The molecule has 1 aromatic carbocycles. The Bertz CT molecular complexity index is 666. The van der Waals surface area contributed by atoms with Gasteiger partial charge in [0, 0.05) is 26.0 Å². The highest BCUT2D eigenvalue weighted by atomic mass is 79.9. The molecule has 106 valence electrons. The van der Waals surface area contributed by atoms with Crippen LogP contribution in [0.15, 0.2) is 22.7 Å². The summed E-state index contributed by atoms with van der Waals surface area (Å²) < 4.78 is 0.976. The van der Waals surface area contributed by atoms with Crippen LogP contribution >= 0.6 is 38.9 Å². The van der Waals surface area contributed by atoms with E-state index in [1.54, 1.807) is 11.3 Å². The van der Waals surface area contributed by atoms with E-state index < -0.39 is 0 Å². The van der Waals surface area contributed by atoms with Crippen molar-refractivity contribution >= 4 is 38.9 Å². The molecule has 0 amide bonds. The first-order chi connectivity index (χ1) is 9.35. The Labute approximate surface area is 136 Å². The van der Waals surface area contributed by atoms with Crippen molar-refractivity contribution in [1.82, 2.24) is 4.98 Å². The van der Waals surface area contributed by atoms with E-state index in [9.17, 15) is 0 Å². The van der Waals surface area contributed by atoms with E-state index >= 15 is 0 Å². The Morgan fingerprint density at radius 1 is 1.45 bits per heavy atom. The second-order valence-corrected chi connectivity index (χ2v) is 8.43. The van der Waals surface area contributed by atoms with Crippen LogP contribution in [0.4, 0.5) is 0 Å². The maximum Gasteiger partial charge on any atom is 0.125 e. The smallest absolute Gasteiger partial charge is 0.125 e. The lowest BCUT2D eigenvalue weighted by Crippen LogP contribution is -2.28. The van der Waals surface area contributed by atoms with Crippen LogP contribution in [0.1, 0.15) is 36.9 Å². The van der Waals surface area contributed by atoms with Gasteiger partial charge in [-0.2, -0.15) is 0 Å². The van der Waals surface area contributed by atoms with Crippen molar-refractivity contribution in [3.63, 3.8) is 0 Å². The van der Waals surface area contributed by atoms with Crippen molar-refractivity contribution in [2.45, 2.75) is 32.7 Å². The van der Waals surface area contributed by atoms with Gasteiger partial charge >= 0.3 is 0 Å². The number of hydrogen-bond acceptors (Lipinski definition) is 3. The molecule has 0 aliphatic heterocycles. The monoisotopic (exact) mass is 370 g/mol. The van der Waals surface area contributed by atoms with Crippen LogP contribution in [0.2, 0.25) is 5.02 Å². The van der Waals surface area contributed by atoms with Gasteiger partial charge in [-0.05, 0) is 36.5 Å². The van der Waals surface area contributed by atoms with E-state index in [1.165, 1.54) is 4.88 Å². The highest BCUT2D eigenvalue weighted by molar-refractivity contribution is 9.10. The van der Waals surface area contributed by atoms with Crippen molar-refractivity contribution in [3.05, 3.63) is 38.3 Å². The SMILES string of the molecule is CC1(C)Cc2nc(-c3ccc(Cl)cc3Br)sc2C(N)C1. The summed E-state index contributed by atoms with van der Waals surface area (Å²) in [6.07, 6.45) is 2.02. The summed E-state index contributed by atoms with van der Waals surface area (Å²) in [4.78, 5) is 6.06. The molecule has 1 heterocycles. The van der Waals surface area contributed by atoms with Crippen LogP contribution in [0.25, 0.3) is 10.6 Å². The molecule has 20 heavy (non-hydrogen) atoms. The van der Waals surface area contributed by atoms with Gasteiger partial charge in [0.2, 0.25) is 0 Å². The zero-order valence-electron chi connectivity index (χ0n) is 11.4. The summed E-state index contributed by atoms with van der Waals surface area (Å²) in [6.45, 7) is 4.51. The zero-order valence-corrected chi connectivity index (χ0v) is 14.6. The fourth-order valence-corrected chi connectivity index (χ4v) is 4.90. The van der Waals surface area contributed by atoms with Gasteiger partial charge in [-0.1, -0.05) is 41.4 Å². The Hall–Kier alpha value is -0.420. The fraction of sp³-hybridized carbons (Fsp3) is 0.400. The molecule has 0 saturated heterocycles. The van der Waals surface area contributed by atoms with E-state index in [1.807, 2.05) is 18.2 Å². The summed E-state index contributed by atoms with van der Waals surface area (Å²) in [5.41, 5.74) is 8.79. The highest BCUT2D eigenvalue weighted by Gasteiger charge is 2.33. The third kappa shape index (κ3) is 2.67. The fourth-order valence-electron chi connectivity index (χ4n) is 2.77. The number of benzene rings is 1. The lowest BCUT2D eigenvalue weighted by atomic mass is 9.77. The minimum Gasteiger partial charge on any atom is -0.323 e. The highest BCUT2D eigenvalue weighted by Crippen LogP contribution is 2.44. The predicted molar refractivity (Wildman–Crippen MR) is 89.3 cm³/mol. The number of nitrogens with two attached hydrogens (primary N) is 1. The first kappa shape index (κ1) is 14.5. The van der Waals surface area contributed by atoms with Crippen molar-refractivity contribution < 1.29 is 0 Å². The third-order valence-electron chi connectivity index (χ3n) is 3.64. The van der Waals surface area contributed by atoms with Gasteiger partial charge in [0.25, 0.3) is 0 Å². The summed E-state index contributed by atoms with van der Waals surface area (Å²) in [6, 6.07) is 5.91. The van der Waals surface area contributed by atoms with Crippen molar-refractivity contribution in [1.29, 1.82) is 0 Å². The van der Waals surface area contributed by atoms with Crippen molar-refractivity contribution in [3.8, 4) is 10.6 Å². The lowest BCUT2D eigenvalue weighted by Gasteiger charge is -2.32. The number of fused-ring (bicyclic) bond motifs is 1. The Balaban J connectivity index is 2.06. The Kier molecular flexibility index (Phi) is 3.70. The molecule has 0 fully saturated rings. The standard InChI is InChI=1S/C15H16BrClN2S/c1-15(2)6-11(18)13-12(7-15)19-14(20-13)9-4-3-8(17)5-10(9)16/h3-5,11H,6-7,18H2,1-2H3. The van der Waals surface area contributed by atoms with Gasteiger partial charge in [0.05, 0.1) is 5.69 Å². The summed E-state index contributed by atoms with van der Waals surface area (Å²) >= 11 is 11.3. The molecule has 1 unspecified atom stereocenters. The van der Waals surface area contributed by atoms with E-state index in [0.29, 0.717) is 0 Å². The minimum absolute atomic E-state index is 0.103. The quantitative estimate of drug-likeness (QED) is 0.748. The number of nitrogens with zero attached hydrogens (tertiary/aromatic N) is 1. The van der Waals surface area contributed by atoms with E-state index in [4.69, 9.17) is 22.3 Å². The topological polar surface area (TPSA) is 38.9 Å². The number of hydrogen-bond donors (Lipinski definition) is 1. The molecule has 1 aliphatic carbocycles.